The number of rotatable bonds is 18. The summed E-state index contributed by atoms with van der Waals surface area (Å²) in [7, 11) is -3.26. The molecule has 1 aromatic rings. The topological polar surface area (TPSA) is 139 Å². The zero-order valence-electron chi connectivity index (χ0n) is 24.0. The van der Waals surface area contributed by atoms with E-state index in [9.17, 15) is 27.9 Å². The maximum absolute atomic E-state index is 12.4. The molecule has 0 saturated carbocycles. The van der Waals surface area contributed by atoms with Gasteiger partial charge in [0.2, 0.25) is 0 Å². The first-order valence-electron chi connectivity index (χ1n) is 14.9. The molecule has 0 aliphatic carbocycles. The predicted octanol–water partition coefficient (Wildman–Crippen LogP) is 4.37. The van der Waals surface area contributed by atoms with E-state index in [1.807, 2.05) is 12.1 Å². The number of amides is 2. The fourth-order valence-corrected chi connectivity index (χ4v) is 24.3. The van der Waals surface area contributed by atoms with Crippen molar-refractivity contribution in [3.63, 3.8) is 0 Å². The Bertz CT molecular complexity index is 1120. The van der Waals surface area contributed by atoms with E-state index in [1.165, 1.54) is 25.3 Å². The second-order valence-electron chi connectivity index (χ2n) is 11.4. The van der Waals surface area contributed by atoms with E-state index in [0.29, 0.717) is 31.4 Å². The molecule has 2 aliphatic rings. The van der Waals surface area contributed by atoms with Crippen molar-refractivity contribution in [3.8, 4) is 0 Å². The maximum atomic E-state index is 12.4. The predicted molar refractivity (Wildman–Crippen MR) is 159 cm³/mol. The minimum absolute atomic E-state index is 0.0311. The van der Waals surface area contributed by atoms with E-state index in [2.05, 4.69) is 30.5 Å². The van der Waals surface area contributed by atoms with Crippen LogP contribution < -0.4 is 14.2 Å². The van der Waals surface area contributed by atoms with E-state index in [0.717, 1.165) is 30.1 Å². The van der Waals surface area contributed by atoms with Crippen LogP contribution in [0, 0.1) is 0 Å². The SMILES string of the molecule is CCC[CH2][Sn]([CH2]CCC)([CH2]CCCOC(=O)CCCC[C@H]1[C@H]2NC(=O)N[C@H]2CS1(=O)=O)[c]1cccc(C(=O)O)c1. The Labute approximate surface area is 243 Å². The zero-order chi connectivity index (χ0) is 29.2. The van der Waals surface area contributed by atoms with Crippen LogP contribution in [0.4, 0.5) is 4.79 Å². The van der Waals surface area contributed by atoms with Crippen molar-refractivity contribution < 1.29 is 32.6 Å². The van der Waals surface area contributed by atoms with Gasteiger partial charge in [0.25, 0.3) is 0 Å². The number of esters is 1. The summed E-state index contributed by atoms with van der Waals surface area (Å²) in [4.78, 5) is 35.5. The molecule has 0 bridgehead atoms. The van der Waals surface area contributed by atoms with Crippen LogP contribution in [-0.2, 0) is 19.4 Å². The van der Waals surface area contributed by atoms with Gasteiger partial charge in [-0.05, 0) is 0 Å². The Morgan fingerprint density at radius 2 is 1.70 bits per heavy atom. The van der Waals surface area contributed by atoms with Gasteiger partial charge in [0.05, 0.1) is 11.8 Å². The number of fused-ring (bicyclic) bond motifs is 1. The van der Waals surface area contributed by atoms with Crippen LogP contribution in [-0.4, -0.2) is 79.6 Å². The third-order valence-corrected chi connectivity index (χ3v) is 26.4. The van der Waals surface area contributed by atoms with E-state index < -0.39 is 39.4 Å². The number of carboxylic acids is 1. The van der Waals surface area contributed by atoms with Gasteiger partial charge in [0.1, 0.15) is 0 Å². The molecule has 0 spiro atoms. The third-order valence-electron chi connectivity index (χ3n) is 8.49. The van der Waals surface area contributed by atoms with Crippen LogP contribution in [0.5, 0.6) is 0 Å². The van der Waals surface area contributed by atoms with Gasteiger partial charge >= 0.3 is 208 Å². The molecule has 11 heteroatoms. The van der Waals surface area contributed by atoms with Crippen LogP contribution in [0.1, 0.15) is 88.4 Å². The number of benzene rings is 1. The number of sulfone groups is 1. The van der Waals surface area contributed by atoms with Crippen molar-refractivity contribution in [2.24, 2.45) is 0 Å². The zero-order valence-corrected chi connectivity index (χ0v) is 27.6. The molecule has 2 aliphatic heterocycles. The van der Waals surface area contributed by atoms with Gasteiger partial charge in [0, 0.05) is 0 Å². The normalized spacial score (nSPS) is 21.4. The van der Waals surface area contributed by atoms with Gasteiger partial charge in [-0.3, -0.25) is 0 Å². The summed E-state index contributed by atoms with van der Waals surface area (Å²) in [6.45, 7) is 4.78. The molecule has 0 unspecified atom stereocenters. The molecule has 3 atom stereocenters. The van der Waals surface area contributed by atoms with Crippen molar-refractivity contribution in [2.75, 3.05) is 12.4 Å². The van der Waals surface area contributed by atoms with Gasteiger partial charge in [-0.2, -0.15) is 0 Å². The monoisotopic (exact) mass is 686 g/mol. The molecule has 2 amide bonds. The van der Waals surface area contributed by atoms with Crippen LogP contribution in [0.3, 0.4) is 0 Å². The van der Waals surface area contributed by atoms with Crippen LogP contribution in [0.25, 0.3) is 0 Å². The third kappa shape index (κ3) is 8.84. The number of carboxylic acid groups (broad SMARTS) is 1. The second-order valence-corrected chi connectivity index (χ2v) is 26.9. The van der Waals surface area contributed by atoms with E-state index >= 15 is 0 Å². The molecule has 2 saturated heterocycles. The molecule has 1 aromatic carbocycles. The molecule has 3 rings (SSSR count). The molecule has 3 N–H and O–H groups in total. The summed E-state index contributed by atoms with van der Waals surface area (Å²) in [5.41, 5.74) is 0.371. The van der Waals surface area contributed by atoms with Crippen molar-refractivity contribution in [1.29, 1.82) is 0 Å². The first-order valence-corrected chi connectivity index (χ1v) is 24.1. The summed E-state index contributed by atoms with van der Waals surface area (Å²) in [6.07, 6.45) is 8.15. The van der Waals surface area contributed by atoms with Crippen molar-refractivity contribution in [3.05, 3.63) is 29.8 Å². The molecular formula is C29H46N2O7SSn. The van der Waals surface area contributed by atoms with Crippen molar-refractivity contribution in [2.45, 2.75) is 109 Å². The average Bonchev–Trinajstić information content (AvgIpc) is 3.38. The number of nitrogens with one attached hydrogen (secondary N) is 2. The van der Waals surface area contributed by atoms with Gasteiger partial charge < -0.3 is 10.6 Å². The Morgan fingerprint density at radius 1 is 1.00 bits per heavy atom. The Morgan fingerprint density at radius 3 is 2.38 bits per heavy atom. The first-order chi connectivity index (χ1) is 19.1. The molecule has 2 heterocycles. The van der Waals surface area contributed by atoms with Crippen LogP contribution >= 0.6 is 0 Å². The van der Waals surface area contributed by atoms with Crippen LogP contribution in [0.2, 0.25) is 13.3 Å². The minimum atomic E-state index is -3.26. The summed E-state index contributed by atoms with van der Waals surface area (Å²) < 4.78 is 35.2. The molecular weight excluding hydrogens is 639 g/mol. The molecule has 9 nitrogen and oxygen atoms in total. The summed E-state index contributed by atoms with van der Waals surface area (Å²) in [6, 6.07) is 6.59. The number of unbranched alkanes of at least 4 members (excludes halogenated alkanes) is 4. The Balaban J connectivity index is 1.44. The van der Waals surface area contributed by atoms with E-state index in [1.54, 1.807) is 6.07 Å². The first kappa shape index (κ1) is 32.7. The van der Waals surface area contributed by atoms with Crippen molar-refractivity contribution in [1.82, 2.24) is 10.6 Å². The summed E-state index contributed by atoms with van der Waals surface area (Å²) >= 11 is -2.85. The number of carbonyl (C=O) groups is 3. The number of carbonyl (C=O) groups excluding carboxylic acids is 2. The van der Waals surface area contributed by atoms with Gasteiger partial charge in [-0.25, -0.2) is 13.2 Å². The molecule has 2 fully saturated rings. The van der Waals surface area contributed by atoms with Crippen molar-refractivity contribution >= 4 is 49.8 Å². The molecule has 0 radical (unpaired) electrons. The number of hydrogen-bond acceptors (Lipinski definition) is 6. The second kappa shape index (κ2) is 15.4. The molecule has 0 aromatic heterocycles. The number of ether oxygens (including phenoxy) is 1. The van der Waals surface area contributed by atoms with E-state index in [4.69, 9.17) is 4.74 Å². The number of aromatic carboxylic acids is 1. The van der Waals surface area contributed by atoms with Crippen LogP contribution in [0.15, 0.2) is 24.3 Å². The van der Waals surface area contributed by atoms with Gasteiger partial charge in [0.15, 0.2) is 0 Å². The summed E-state index contributed by atoms with van der Waals surface area (Å²) in [5, 5.41) is 14.3. The van der Waals surface area contributed by atoms with Gasteiger partial charge in [-0.15, -0.1) is 0 Å². The Hall–Kier alpha value is -1.82. The Kier molecular flexibility index (Phi) is 12.6. The summed E-state index contributed by atoms with van der Waals surface area (Å²) in [5.74, 6) is -1.17. The van der Waals surface area contributed by atoms with E-state index in [-0.39, 0.29) is 36.3 Å². The number of urea groups is 1. The number of hydrogen-bond donors (Lipinski definition) is 3. The molecule has 224 valence electrons. The average molecular weight is 685 g/mol. The molecule has 40 heavy (non-hydrogen) atoms. The standard InChI is InChI=1S/C14H23N2O5S.C7H5O2.2C4H9.Sn/c1-2-3-8-21-12(17)7-5-4-6-11-13-10(9-22(11,19)20)15-14(18)16-13;8-7(9)6-4-2-1-3-5-6;2*1-3-4-2;/h10-11,13H,1-9H2,(H2,15,16,18);1-2,4-5H,(H,8,9);2*1,3-4H2,2H3;/t10-,11-,13-;;;;/m0..../s1. The van der Waals surface area contributed by atoms with Gasteiger partial charge in [-0.1, -0.05) is 0 Å². The fraction of sp³-hybridized carbons (Fsp3) is 0.690. The quantitative estimate of drug-likeness (QED) is 0.0903. The fourth-order valence-electron chi connectivity index (χ4n) is 6.26.